The number of nitrogens with zero attached hydrogens (tertiary/aromatic N) is 1. The lowest BCUT2D eigenvalue weighted by Gasteiger charge is -2.17. The van der Waals surface area contributed by atoms with Gasteiger partial charge >= 0.3 is 0 Å². The summed E-state index contributed by atoms with van der Waals surface area (Å²) in [5.74, 6) is 1.29. The molecule has 1 N–H and O–H groups in total. The smallest absolute Gasteiger partial charge is 0.136 e. The van der Waals surface area contributed by atoms with Gasteiger partial charge in [-0.1, -0.05) is 36.1 Å². The van der Waals surface area contributed by atoms with Gasteiger partial charge in [-0.3, -0.25) is 0 Å². The molecular weight excluding hydrogens is 262 g/mol. The summed E-state index contributed by atoms with van der Waals surface area (Å²) in [4.78, 5) is 2.29. The summed E-state index contributed by atoms with van der Waals surface area (Å²) in [5.41, 5.74) is 3.12. The normalized spacial score (nSPS) is 15.1. The van der Waals surface area contributed by atoms with Crippen molar-refractivity contribution in [2.75, 3.05) is 13.1 Å². The number of aromatic hydroxyl groups is 1. The highest BCUT2D eigenvalue weighted by Crippen LogP contribution is 2.26. The van der Waals surface area contributed by atoms with E-state index in [9.17, 15) is 5.11 Å². The Hall–Kier alpha value is -0.740. The molecule has 0 unspecified atom stereocenters. The summed E-state index contributed by atoms with van der Waals surface area (Å²) in [6.45, 7) is 6.10. The minimum Gasteiger partial charge on any atom is -0.507 e. The summed E-state index contributed by atoms with van der Waals surface area (Å²) >= 11 is 7.17. The van der Waals surface area contributed by atoms with Crippen LogP contribution in [0.4, 0.5) is 0 Å². The monoisotopic (exact) mass is 281 g/mol. The first kappa shape index (κ1) is 13.7. The van der Waals surface area contributed by atoms with Crippen LogP contribution in [0.25, 0.3) is 0 Å². The van der Waals surface area contributed by atoms with E-state index in [1.54, 1.807) is 11.8 Å². The number of phenols is 1. The van der Waals surface area contributed by atoms with E-state index in [0.717, 1.165) is 34.3 Å². The fraction of sp³-hybridized carbons (Fsp3) is 0.500. The number of thioether (sulfide) groups is 1. The molecule has 0 radical (unpaired) electrons. The second-order valence-corrected chi connectivity index (χ2v) is 6.44. The first-order valence-electron chi connectivity index (χ1n) is 6.28. The highest BCUT2D eigenvalue weighted by atomic mass is 32.2. The van der Waals surface area contributed by atoms with Crippen molar-refractivity contribution in [3.8, 4) is 5.75 Å². The number of benzene rings is 1. The molecular formula is C14H19NOS2. The van der Waals surface area contributed by atoms with E-state index in [4.69, 9.17) is 12.2 Å². The molecule has 0 aliphatic carbocycles. The van der Waals surface area contributed by atoms with Gasteiger partial charge in [0.15, 0.2) is 0 Å². The van der Waals surface area contributed by atoms with E-state index < -0.39 is 0 Å². The minimum atomic E-state index is 0.408. The van der Waals surface area contributed by atoms with Crippen molar-refractivity contribution in [2.45, 2.75) is 32.4 Å². The average molecular weight is 281 g/mol. The molecule has 0 bridgehead atoms. The molecule has 1 aromatic rings. The molecule has 4 heteroatoms. The molecule has 0 aromatic heterocycles. The van der Waals surface area contributed by atoms with Crippen LogP contribution in [0, 0.1) is 13.8 Å². The molecule has 0 spiro atoms. The summed E-state index contributed by atoms with van der Waals surface area (Å²) in [7, 11) is 0. The van der Waals surface area contributed by atoms with Crippen LogP contribution in [0.2, 0.25) is 0 Å². The third-order valence-electron chi connectivity index (χ3n) is 3.28. The number of phenolic OH excluding ortho intramolecular Hbond substituents is 1. The molecule has 1 aliphatic rings. The highest BCUT2D eigenvalue weighted by molar-refractivity contribution is 8.22. The third kappa shape index (κ3) is 3.18. The van der Waals surface area contributed by atoms with Gasteiger partial charge in [0.2, 0.25) is 0 Å². The second-order valence-electron chi connectivity index (χ2n) is 4.83. The zero-order chi connectivity index (χ0) is 13.1. The van der Waals surface area contributed by atoms with E-state index in [1.807, 2.05) is 26.0 Å². The first-order chi connectivity index (χ1) is 8.58. The molecule has 2 nitrogen and oxygen atoms in total. The molecule has 1 aliphatic heterocycles. The van der Waals surface area contributed by atoms with Crippen LogP contribution in [-0.4, -0.2) is 27.4 Å². The van der Waals surface area contributed by atoms with Gasteiger partial charge in [0.05, 0.1) is 0 Å². The van der Waals surface area contributed by atoms with Crippen molar-refractivity contribution in [1.29, 1.82) is 0 Å². The van der Waals surface area contributed by atoms with Crippen LogP contribution in [0.1, 0.15) is 29.5 Å². The van der Waals surface area contributed by atoms with Gasteiger partial charge in [-0.05, 0) is 43.4 Å². The van der Waals surface area contributed by atoms with E-state index >= 15 is 0 Å². The number of rotatable bonds is 2. The van der Waals surface area contributed by atoms with Gasteiger partial charge in [0, 0.05) is 18.8 Å². The Morgan fingerprint density at radius 1 is 1.28 bits per heavy atom. The Balaban J connectivity index is 1.95. The lowest BCUT2D eigenvalue weighted by molar-refractivity contribution is 0.466. The highest BCUT2D eigenvalue weighted by Gasteiger charge is 2.15. The van der Waals surface area contributed by atoms with Crippen molar-refractivity contribution in [2.24, 2.45) is 0 Å². The van der Waals surface area contributed by atoms with Crippen LogP contribution >= 0.6 is 24.0 Å². The zero-order valence-corrected chi connectivity index (χ0v) is 12.5. The predicted molar refractivity (Wildman–Crippen MR) is 82.3 cm³/mol. The van der Waals surface area contributed by atoms with Crippen molar-refractivity contribution < 1.29 is 5.11 Å². The maximum absolute atomic E-state index is 9.74. The van der Waals surface area contributed by atoms with E-state index in [1.165, 1.54) is 18.4 Å². The number of aryl methyl sites for hydroxylation is 2. The molecule has 1 saturated heterocycles. The maximum atomic E-state index is 9.74. The lowest BCUT2D eigenvalue weighted by atomic mass is 10.1. The van der Waals surface area contributed by atoms with Crippen molar-refractivity contribution >= 4 is 28.3 Å². The van der Waals surface area contributed by atoms with Gasteiger partial charge in [-0.25, -0.2) is 0 Å². The molecule has 2 rings (SSSR count). The number of hydrogen-bond donors (Lipinski definition) is 1. The van der Waals surface area contributed by atoms with E-state index in [0.29, 0.717) is 5.75 Å². The van der Waals surface area contributed by atoms with E-state index in [2.05, 4.69) is 4.90 Å². The van der Waals surface area contributed by atoms with Gasteiger partial charge in [-0.15, -0.1) is 0 Å². The number of likely N-dealkylation sites (tertiary alicyclic amines) is 1. The van der Waals surface area contributed by atoms with Gasteiger partial charge in [-0.2, -0.15) is 0 Å². The molecule has 1 fully saturated rings. The SMILES string of the molecule is Cc1cc(CSC(=S)N2CCCC2)cc(C)c1O. The molecule has 0 amide bonds. The zero-order valence-electron chi connectivity index (χ0n) is 10.9. The Morgan fingerprint density at radius 3 is 2.39 bits per heavy atom. The van der Waals surface area contributed by atoms with Crippen LogP contribution in [0.5, 0.6) is 5.75 Å². The largest absolute Gasteiger partial charge is 0.507 e. The minimum absolute atomic E-state index is 0.408. The summed E-state index contributed by atoms with van der Waals surface area (Å²) < 4.78 is 1.01. The Bertz CT molecular complexity index is 430. The lowest BCUT2D eigenvalue weighted by Crippen LogP contribution is -2.23. The number of hydrogen-bond acceptors (Lipinski definition) is 3. The predicted octanol–water partition coefficient (Wildman–Crippen LogP) is 3.62. The van der Waals surface area contributed by atoms with Gasteiger partial charge < -0.3 is 10.0 Å². The van der Waals surface area contributed by atoms with Crippen molar-refractivity contribution in [3.63, 3.8) is 0 Å². The summed E-state index contributed by atoms with van der Waals surface area (Å²) in [6, 6.07) is 4.09. The standard InChI is InChI=1S/C14H19NOS2/c1-10-7-12(8-11(2)13(10)16)9-18-14(17)15-5-3-4-6-15/h7-8,16H,3-6,9H2,1-2H3. The topological polar surface area (TPSA) is 23.5 Å². The van der Waals surface area contributed by atoms with Gasteiger partial charge in [0.25, 0.3) is 0 Å². The molecule has 0 saturated carbocycles. The van der Waals surface area contributed by atoms with Crippen LogP contribution in [0.15, 0.2) is 12.1 Å². The molecule has 18 heavy (non-hydrogen) atoms. The van der Waals surface area contributed by atoms with Crippen molar-refractivity contribution in [1.82, 2.24) is 4.90 Å². The van der Waals surface area contributed by atoms with Gasteiger partial charge in [0.1, 0.15) is 10.1 Å². The maximum Gasteiger partial charge on any atom is 0.136 e. The quantitative estimate of drug-likeness (QED) is 0.836. The Morgan fingerprint density at radius 2 is 1.83 bits per heavy atom. The Kier molecular flexibility index (Phi) is 4.51. The average Bonchev–Trinajstić information content (AvgIpc) is 2.86. The molecule has 98 valence electrons. The fourth-order valence-electron chi connectivity index (χ4n) is 2.26. The molecule has 0 atom stereocenters. The van der Waals surface area contributed by atoms with Crippen molar-refractivity contribution in [3.05, 3.63) is 28.8 Å². The summed E-state index contributed by atoms with van der Waals surface area (Å²) in [5, 5.41) is 9.74. The third-order valence-corrected chi connectivity index (χ3v) is 4.87. The summed E-state index contributed by atoms with van der Waals surface area (Å²) in [6.07, 6.45) is 2.52. The Labute approximate surface area is 118 Å². The van der Waals surface area contributed by atoms with Crippen LogP contribution in [0.3, 0.4) is 0 Å². The molecule has 1 heterocycles. The first-order valence-corrected chi connectivity index (χ1v) is 7.68. The second kappa shape index (κ2) is 5.93. The van der Waals surface area contributed by atoms with Crippen LogP contribution in [-0.2, 0) is 5.75 Å². The fourth-order valence-corrected chi connectivity index (χ4v) is 3.45. The molecule has 1 aromatic carbocycles. The van der Waals surface area contributed by atoms with Crippen LogP contribution < -0.4 is 0 Å². The van der Waals surface area contributed by atoms with E-state index in [-0.39, 0.29) is 0 Å². The number of thiocarbonyl (C=S) groups is 1.